The lowest BCUT2D eigenvalue weighted by Crippen LogP contribution is -2.33. The van der Waals surface area contributed by atoms with Gasteiger partial charge in [0.15, 0.2) is 0 Å². The van der Waals surface area contributed by atoms with Gasteiger partial charge >= 0.3 is 0 Å². The quantitative estimate of drug-likeness (QED) is 0.726. The summed E-state index contributed by atoms with van der Waals surface area (Å²) in [6, 6.07) is 0. The average molecular weight is 279 g/mol. The molecule has 17 heavy (non-hydrogen) atoms. The third-order valence-corrected chi connectivity index (χ3v) is 6.63. The smallest absolute Gasteiger partial charge is 0.150 e. The van der Waals surface area contributed by atoms with Crippen LogP contribution in [-0.4, -0.2) is 25.3 Å². The van der Waals surface area contributed by atoms with Gasteiger partial charge in [0.2, 0.25) is 0 Å². The molecule has 2 aliphatic carbocycles. The summed E-state index contributed by atoms with van der Waals surface area (Å²) in [5, 5.41) is 0.240. The van der Waals surface area contributed by atoms with E-state index in [0.29, 0.717) is 17.2 Å². The van der Waals surface area contributed by atoms with Crippen molar-refractivity contribution in [2.24, 2.45) is 11.8 Å². The Morgan fingerprint density at radius 1 is 0.941 bits per heavy atom. The zero-order valence-electron chi connectivity index (χ0n) is 10.6. The van der Waals surface area contributed by atoms with E-state index in [1.807, 2.05) is 0 Å². The predicted octanol–water partition coefficient (Wildman–Crippen LogP) is 3.39. The van der Waals surface area contributed by atoms with Crippen molar-refractivity contribution in [3.8, 4) is 0 Å². The molecule has 0 saturated heterocycles. The van der Waals surface area contributed by atoms with Crippen molar-refractivity contribution in [3.05, 3.63) is 0 Å². The average Bonchev–Trinajstić information content (AvgIpc) is 2.28. The number of rotatable bonds is 2. The third-order valence-electron chi connectivity index (χ3n) is 4.59. The molecule has 0 bridgehead atoms. The van der Waals surface area contributed by atoms with E-state index in [1.165, 1.54) is 25.5 Å². The first-order chi connectivity index (χ1) is 7.97. The molecule has 2 fully saturated rings. The molecule has 4 unspecified atom stereocenters. The highest BCUT2D eigenvalue weighted by molar-refractivity contribution is 7.91. The number of alkyl halides is 1. The minimum atomic E-state index is -2.84. The van der Waals surface area contributed by atoms with Gasteiger partial charge in [-0.25, -0.2) is 8.42 Å². The maximum atomic E-state index is 11.7. The van der Waals surface area contributed by atoms with Crippen LogP contribution in [0, 0.1) is 11.8 Å². The fourth-order valence-corrected chi connectivity index (χ4v) is 5.17. The minimum Gasteiger partial charge on any atom is -0.229 e. The van der Waals surface area contributed by atoms with E-state index in [2.05, 4.69) is 0 Å². The molecule has 0 radical (unpaired) electrons. The molecule has 4 atom stereocenters. The molecule has 2 rings (SSSR count). The summed E-state index contributed by atoms with van der Waals surface area (Å²) in [6.45, 7) is 0. The second kappa shape index (κ2) is 5.48. The Bertz CT molecular complexity index is 352. The van der Waals surface area contributed by atoms with Crippen LogP contribution in [0.5, 0.6) is 0 Å². The van der Waals surface area contributed by atoms with Crippen LogP contribution in [-0.2, 0) is 9.84 Å². The van der Waals surface area contributed by atoms with Crippen LogP contribution in [0.3, 0.4) is 0 Å². The monoisotopic (exact) mass is 278 g/mol. The van der Waals surface area contributed by atoms with Crippen molar-refractivity contribution >= 4 is 21.4 Å². The van der Waals surface area contributed by atoms with E-state index < -0.39 is 9.84 Å². The van der Waals surface area contributed by atoms with Crippen molar-refractivity contribution in [1.29, 1.82) is 0 Å². The van der Waals surface area contributed by atoms with Gasteiger partial charge in [0.1, 0.15) is 9.84 Å². The van der Waals surface area contributed by atoms with Crippen LogP contribution < -0.4 is 0 Å². The summed E-state index contributed by atoms with van der Waals surface area (Å²) in [6.07, 6.45) is 10.1. The van der Waals surface area contributed by atoms with E-state index in [-0.39, 0.29) is 5.25 Å². The van der Waals surface area contributed by atoms with E-state index >= 15 is 0 Å². The van der Waals surface area contributed by atoms with E-state index in [4.69, 9.17) is 11.6 Å². The zero-order chi connectivity index (χ0) is 12.5. The largest absolute Gasteiger partial charge is 0.229 e. The van der Waals surface area contributed by atoms with Crippen molar-refractivity contribution in [1.82, 2.24) is 0 Å². The van der Waals surface area contributed by atoms with Crippen LogP contribution in [0.15, 0.2) is 0 Å². The fourth-order valence-electron chi connectivity index (χ4n) is 3.59. The lowest BCUT2D eigenvalue weighted by molar-refractivity contribution is 0.199. The summed E-state index contributed by atoms with van der Waals surface area (Å²) < 4.78 is 23.3. The van der Waals surface area contributed by atoms with Gasteiger partial charge in [-0.05, 0) is 37.5 Å². The summed E-state index contributed by atoms with van der Waals surface area (Å²) in [4.78, 5) is 0. The number of sulfone groups is 1. The van der Waals surface area contributed by atoms with Gasteiger partial charge in [-0.15, -0.1) is 11.6 Å². The van der Waals surface area contributed by atoms with Crippen LogP contribution in [0.4, 0.5) is 0 Å². The van der Waals surface area contributed by atoms with Gasteiger partial charge in [0.05, 0.1) is 5.25 Å². The highest BCUT2D eigenvalue weighted by Gasteiger charge is 2.34. The molecule has 2 nitrogen and oxygen atoms in total. The zero-order valence-corrected chi connectivity index (χ0v) is 12.1. The normalized spacial score (nSPS) is 40.1. The standard InChI is InChI=1S/C13H23ClO2S/c1-17(15,16)13-7-3-5-11(9-13)10-4-2-6-12(14)8-10/h10-13H,2-9H2,1H3. The van der Waals surface area contributed by atoms with E-state index in [9.17, 15) is 8.42 Å². The SMILES string of the molecule is CS(=O)(=O)C1CCCC(C2CCCC(Cl)C2)C1. The first-order valence-electron chi connectivity index (χ1n) is 6.79. The molecule has 0 amide bonds. The van der Waals surface area contributed by atoms with Gasteiger partial charge in [-0.2, -0.15) is 0 Å². The first kappa shape index (κ1) is 13.7. The van der Waals surface area contributed by atoms with Gasteiger partial charge in [-0.1, -0.05) is 25.7 Å². The Kier molecular flexibility index (Phi) is 4.40. The minimum absolute atomic E-state index is 0.0862. The maximum Gasteiger partial charge on any atom is 0.150 e. The molecule has 0 heterocycles. The molecule has 0 aromatic carbocycles. The van der Waals surface area contributed by atoms with Crippen LogP contribution in [0.2, 0.25) is 0 Å². The molecule has 4 heteroatoms. The lowest BCUT2D eigenvalue weighted by atomic mass is 9.73. The molecule has 0 aromatic rings. The highest BCUT2D eigenvalue weighted by Crippen LogP contribution is 2.40. The van der Waals surface area contributed by atoms with Crippen LogP contribution >= 0.6 is 11.6 Å². The van der Waals surface area contributed by atoms with Crippen molar-refractivity contribution < 1.29 is 8.42 Å². The van der Waals surface area contributed by atoms with E-state index in [1.54, 1.807) is 0 Å². The molecular weight excluding hydrogens is 256 g/mol. The summed E-state index contributed by atoms with van der Waals surface area (Å²) in [5.41, 5.74) is 0. The van der Waals surface area contributed by atoms with Gasteiger partial charge in [-0.3, -0.25) is 0 Å². The molecule has 2 saturated carbocycles. The summed E-state index contributed by atoms with van der Waals surface area (Å²) in [7, 11) is -2.84. The number of halogens is 1. The van der Waals surface area contributed by atoms with Crippen LogP contribution in [0.25, 0.3) is 0 Å². The van der Waals surface area contributed by atoms with Gasteiger partial charge in [0, 0.05) is 11.6 Å². The summed E-state index contributed by atoms with van der Waals surface area (Å²) in [5.74, 6) is 1.28. The molecule has 0 aliphatic heterocycles. The molecule has 0 aromatic heterocycles. The first-order valence-corrected chi connectivity index (χ1v) is 9.19. The highest BCUT2D eigenvalue weighted by atomic mass is 35.5. The molecule has 100 valence electrons. The molecule has 2 aliphatic rings. The predicted molar refractivity (Wildman–Crippen MR) is 72.2 cm³/mol. The van der Waals surface area contributed by atoms with E-state index in [0.717, 1.165) is 32.1 Å². The Hall–Kier alpha value is 0.240. The second-order valence-corrected chi connectivity index (χ2v) is 8.85. The topological polar surface area (TPSA) is 34.1 Å². The van der Waals surface area contributed by atoms with Crippen LogP contribution in [0.1, 0.15) is 51.4 Å². The Labute approximate surface area is 110 Å². The van der Waals surface area contributed by atoms with Gasteiger partial charge in [0.25, 0.3) is 0 Å². The Balaban J connectivity index is 1.97. The number of hydrogen-bond donors (Lipinski definition) is 0. The van der Waals surface area contributed by atoms with Crippen molar-refractivity contribution in [3.63, 3.8) is 0 Å². The third kappa shape index (κ3) is 3.60. The second-order valence-electron chi connectivity index (χ2n) is 5.90. The Morgan fingerprint density at radius 2 is 1.53 bits per heavy atom. The number of hydrogen-bond acceptors (Lipinski definition) is 2. The maximum absolute atomic E-state index is 11.7. The summed E-state index contributed by atoms with van der Waals surface area (Å²) >= 11 is 6.24. The molecule has 0 N–H and O–H groups in total. The molecule has 0 spiro atoms. The molecular formula is C13H23ClO2S. The van der Waals surface area contributed by atoms with Crippen molar-refractivity contribution in [2.75, 3.05) is 6.26 Å². The fraction of sp³-hybridized carbons (Fsp3) is 1.00. The lowest BCUT2D eigenvalue weighted by Gasteiger charge is -2.37. The Morgan fingerprint density at radius 3 is 2.12 bits per heavy atom. The van der Waals surface area contributed by atoms with Gasteiger partial charge < -0.3 is 0 Å². The van der Waals surface area contributed by atoms with Crippen molar-refractivity contribution in [2.45, 2.75) is 62.0 Å².